The normalized spacial score (nSPS) is 10.2. The van der Waals surface area contributed by atoms with Crippen LogP contribution in [0.3, 0.4) is 0 Å². The van der Waals surface area contributed by atoms with Gasteiger partial charge in [0.25, 0.3) is 0 Å². The van der Waals surface area contributed by atoms with Crippen molar-refractivity contribution in [1.82, 2.24) is 5.43 Å². The van der Waals surface area contributed by atoms with E-state index in [0.29, 0.717) is 28.5 Å². The van der Waals surface area contributed by atoms with Crippen LogP contribution >= 0.6 is 22.6 Å². The zero-order valence-corrected chi connectivity index (χ0v) is 18.6. The molecule has 2 aromatic rings. The Morgan fingerprint density at radius 1 is 1.20 bits per heavy atom. The summed E-state index contributed by atoms with van der Waals surface area (Å²) in [5, 5.41) is 6.50. The molecule has 0 unspecified atom stereocenters. The van der Waals surface area contributed by atoms with E-state index in [2.05, 4.69) is 44.4 Å². The summed E-state index contributed by atoms with van der Waals surface area (Å²) in [6.07, 6.45) is 6.28. The fourth-order valence-electron chi connectivity index (χ4n) is 2.34. The molecule has 9 heteroatoms. The molecule has 8 nitrogen and oxygen atoms in total. The molecular weight excluding hydrogens is 501 g/mol. The number of anilines is 1. The number of terminal acetylenes is 1. The molecule has 0 aliphatic heterocycles. The SMILES string of the molecule is C#CCOc1c(I)cc(C=NNC(=O)CC(=O)Nc2cccc(OC)c2)cc1OC. The van der Waals surface area contributed by atoms with Crippen molar-refractivity contribution in [3.63, 3.8) is 0 Å². The van der Waals surface area contributed by atoms with Crippen LogP contribution < -0.4 is 25.0 Å². The molecule has 0 bridgehead atoms. The largest absolute Gasteiger partial charge is 0.497 e. The fourth-order valence-corrected chi connectivity index (χ4v) is 3.12. The van der Waals surface area contributed by atoms with Crippen molar-refractivity contribution >= 4 is 46.3 Å². The van der Waals surface area contributed by atoms with Crippen molar-refractivity contribution in [2.24, 2.45) is 5.10 Å². The van der Waals surface area contributed by atoms with Crippen LogP contribution in [0.2, 0.25) is 0 Å². The first-order valence-electron chi connectivity index (χ1n) is 8.66. The number of amides is 2. The highest BCUT2D eigenvalue weighted by atomic mass is 127. The number of nitrogens with one attached hydrogen (secondary N) is 2. The Hall–Kier alpha value is -3.26. The first-order valence-corrected chi connectivity index (χ1v) is 9.74. The summed E-state index contributed by atoms with van der Waals surface area (Å²) in [6, 6.07) is 10.3. The Morgan fingerprint density at radius 2 is 2.00 bits per heavy atom. The van der Waals surface area contributed by atoms with Crippen LogP contribution in [0.25, 0.3) is 0 Å². The van der Waals surface area contributed by atoms with Gasteiger partial charge in [-0.2, -0.15) is 5.10 Å². The highest BCUT2D eigenvalue weighted by Gasteiger charge is 2.12. The van der Waals surface area contributed by atoms with Crippen molar-refractivity contribution in [2.45, 2.75) is 6.42 Å². The number of methoxy groups -OCH3 is 2. The van der Waals surface area contributed by atoms with Gasteiger partial charge in [0.2, 0.25) is 11.8 Å². The van der Waals surface area contributed by atoms with E-state index < -0.39 is 11.8 Å². The third kappa shape index (κ3) is 6.97. The average molecular weight is 521 g/mol. The van der Waals surface area contributed by atoms with E-state index in [-0.39, 0.29) is 13.0 Å². The minimum atomic E-state index is -0.553. The minimum Gasteiger partial charge on any atom is -0.497 e. The van der Waals surface area contributed by atoms with E-state index in [9.17, 15) is 9.59 Å². The van der Waals surface area contributed by atoms with E-state index in [1.807, 2.05) is 0 Å². The molecule has 2 aromatic carbocycles. The maximum Gasteiger partial charge on any atom is 0.249 e. The quantitative estimate of drug-likeness (QED) is 0.174. The Morgan fingerprint density at radius 3 is 2.70 bits per heavy atom. The molecular formula is C21H20IN3O5. The highest BCUT2D eigenvalue weighted by Crippen LogP contribution is 2.33. The Bertz CT molecular complexity index is 985. The van der Waals surface area contributed by atoms with Crippen molar-refractivity contribution in [1.29, 1.82) is 0 Å². The van der Waals surface area contributed by atoms with Gasteiger partial charge in [-0.25, -0.2) is 5.43 Å². The number of benzene rings is 2. The lowest BCUT2D eigenvalue weighted by Gasteiger charge is -2.11. The van der Waals surface area contributed by atoms with Gasteiger partial charge in [-0.05, 0) is 52.4 Å². The van der Waals surface area contributed by atoms with E-state index in [0.717, 1.165) is 3.57 Å². The molecule has 0 saturated heterocycles. The second-order valence-electron chi connectivity index (χ2n) is 5.78. The van der Waals surface area contributed by atoms with Crippen LogP contribution in [-0.2, 0) is 9.59 Å². The lowest BCUT2D eigenvalue weighted by molar-refractivity contribution is -0.126. The number of carbonyl (C=O) groups excluding carboxylic acids is 2. The molecule has 0 aliphatic carbocycles. The maximum atomic E-state index is 12.0. The van der Waals surface area contributed by atoms with Crippen molar-refractivity contribution in [3.05, 3.63) is 45.5 Å². The number of halogens is 1. The van der Waals surface area contributed by atoms with Gasteiger partial charge in [0.15, 0.2) is 11.5 Å². The molecule has 2 amide bonds. The van der Waals surface area contributed by atoms with Crippen LogP contribution in [0.15, 0.2) is 41.5 Å². The van der Waals surface area contributed by atoms with Gasteiger partial charge in [0, 0.05) is 11.8 Å². The molecule has 0 heterocycles. The van der Waals surface area contributed by atoms with Crippen molar-refractivity contribution in [3.8, 4) is 29.6 Å². The van der Waals surface area contributed by atoms with Gasteiger partial charge < -0.3 is 19.5 Å². The molecule has 30 heavy (non-hydrogen) atoms. The lowest BCUT2D eigenvalue weighted by atomic mass is 10.2. The van der Waals surface area contributed by atoms with Gasteiger partial charge in [0.1, 0.15) is 18.8 Å². The lowest BCUT2D eigenvalue weighted by Crippen LogP contribution is -2.24. The highest BCUT2D eigenvalue weighted by molar-refractivity contribution is 14.1. The number of rotatable bonds is 9. The zero-order valence-electron chi connectivity index (χ0n) is 16.4. The third-order valence-corrected chi connectivity index (χ3v) is 4.43. The monoisotopic (exact) mass is 521 g/mol. The number of ether oxygens (including phenoxy) is 3. The number of hydrazone groups is 1. The van der Waals surface area contributed by atoms with Crippen LogP contribution in [-0.4, -0.2) is 38.9 Å². The fraction of sp³-hybridized carbons (Fsp3) is 0.190. The van der Waals surface area contributed by atoms with Crippen LogP contribution in [0.1, 0.15) is 12.0 Å². The maximum absolute atomic E-state index is 12.0. The second kappa shape index (κ2) is 11.7. The van der Waals surface area contributed by atoms with E-state index in [1.165, 1.54) is 20.4 Å². The molecule has 0 atom stereocenters. The van der Waals surface area contributed by atoms with Gasteiger partial charge in [-0.15, -0.1) is 6.42 Å². The molecule has 2 N–H and O–H groups in total. The number of hydrogen-bond donors (Lipinski definition) is 2. The number of hydrogen-bond acceptors (Lipinski definition) is 6. The summed E-state index contributed by atoms with van der Waals surface area (Å²) in [5.74, 6) is 3.00. The van der Waals surface area contributed by atoms with E-state index in [1.54, 1.807) is 36.4 Å². The number of carbonyl (C=O) groups is 2. The average Bonchev–Trinajstić information content (AvgIpc) is 2.72. The summed E-state index contributed by atoms with van der Waals surface area (Å²) in [4.78, 5) is 23.9. The van der Waals surface area contributed by atoms with Gasteiger partial charge in [-0.3, -0.25) is 9.59 Å². The van der Waals surface area contributed by atoms with Crippen molar-refractivity contribution in [2.75, 3.05) is 26.1 Å². The van der Waals surface area contributed by atoms with E-state index in [4.69, 9.17) is 20.6 Å². The molecule has 0 spiro atoms. The Kier molecular flexibility index (Phi) is 8.96. The number of nitrogens with zero attached hydrogens (tertiary/aromatic N) is 1. The van der Waals surface area contributed by atoms with Crippen LogP contribution in [0.4, 0.5) is 5.69 Å². The summed E-state index contributed by atoms with van der Waals surface area (Å²) in [7, 11) is 3.04. The van der Waals surface area contributed by atoms with Gasteiger partial charge >= 0.3 is 0 Å². The molecule has 0 radical (unpaired) electrons. The molecule has 0 fully saturated rings. The molecule has 156 valence electrons. The smallest absolute Gasteiger partial charge is 0.249 e. The molecule has 0 saturated carbocycles. The second-order valence-corrected chi connectivity index (χ2v) is 6.94. The zero-order chi connectivity index (χ0) is 21.9. The molecule has 2 rings (SSSR count). The first-order chi connectivity index (χ1) is 14.5. The summed E-state index contributed by atoms with van der Waals surface area (Å²) in [6.45, 7) is 0.119. The molecule has 0 aromatic heterocycles. The summed E-state index contributed by atoms with van der Waals surface area (Å²) in [5.41, 5.74) is 3.52. The Labute approximate surface area is 188 Å². The Balaban J connectivity index is 1.93. The van der Waals surface area contributed by atoms with Gasteiger partial charge in [0.05, 0.1) is 24.0 Å². The third-order valence-electron chi connectivity index (χ3n) is 3.63. The van der Waals surface area contributed by atoms with Crippen LogP contribution in [0.5, 0.6) is 17.2 Å². The topological polar surface area (TPSA) is 98.2 Å². The summed E-state index contributed by atoms with van der Waals surface area (Å²) >= 11 is 2.09. The predicted octanol–water partition coefficient (Wildman–Crippen LogP) is 2.80. The minimum absolute atomic E-state index is 0.119. The van der Waals surface area contributed by atoms with E-state index >= 15 is 0 Å². The van der Waals surface area contributed by atoms with Crippen LogP contribution in [0, 0.1) is 15.9 Å². The molecule has 0 aliphatic rings. The van der Waals surface area contributed by atoms with Gasteiger partial charge in [-0.1, -0.05) is 12.0 Å². The standard InChI is InChI=1S/C21H20IN3O5/c1-4-8-30-21-17(22)9-14(10-18(21)29-3)13-23-25-20(27)12-19(26)24-15-6-5-7-16(11-15)28-2/h1,5-7,9-11,13H,8,12H2,2-3H3,(H,24,26)(H,25,27). The predicted molar refractivity (Wildman–Crippen MR) is 122 cm³/mol. The first kappa shape index (κ1) is 23.0. The summed E-state index contributed by atoms with van der Waals surface area (Å²) < 4.78 is 16.6. The van der Waals surface area contributed by atoms with Crippen molar-refractivity contribution < 1.29 is 23.8 Å².